The minimum Gasteiger partial charge on any atom is -0.444 e. The molecule has 2 heterocycles. The fraction of sp³-hybridized carbons (Fsp3) is 0.591. The third-order valence-electron chi connectivity index (χ3n) is 6.37. The SMILES string of the molecule is Cc1nc(C)n(CC23CN(C(=O)OC(C)(C)C)CCC2(c2ccc(Cl)c(Cl)c2)C3)n1. The second-order valence-corrected chi connectivity index (χ2v) is 10.5. The van der Waals surface area contributed by atoms with E-state index in [0.29, 0.717) is 29.7 Å². The predicted octanol–water partition coefficient (Wildman–Crippen LogP) is 5.17. The average Bonchev–Trinajstić information content (AvgIpc) is 3.20. The van der Waals surface area contributed by atoms with Crippen LogP contribution in [-0.4, -0.2) is 44.4 Å². The van der Waals surface area contributed by atoms with Gasteiger partial charge >= 0.3 is 6.09 Å². The number of carbonyl (C=O) groups is 1. The molecule has 4 rings (SSSR count). The van der Waals surface area contributed by atoms with Gasteiger partial charge in [-0.15, -0.1) is 0 Å². The van der Waals surface area contributed by atoms with Crippen molar-refractivity contribution in [2.75, 3.05) is 13.1 Å². The number of carbonyl (C=O) groups excluding carboxylic acids is 1. The Hall–Kier alpha value is -1.79. The van der Waals surface area contributed by atoms with Crippen LogP contribution in [0, 0.1) is 19.3 Å². The fourth-order valence-corrected chi connectivity index (χ4v) is 5.25. The molecule has 2 atom stereocenters. The van der Waals surface area contributed by atoms with Crippen LogP contribution in [0.4, 0.5) is 4.79 Å². The lowest BCUT2D eigenvalue weighted by Gasteiger charge is -2.39. The van der Waals surface area contributed by atoms with Gasteiger partial charge in [0.05, 0.1) is 16.6 Å². The topological polar surface area (TPSA) is 60.2 Å². The number of rotatable bonds is 3. The molecule has 0 radical (unpaired) electrons. The van der Waals surface area contributed by atoms with Crippen molar-refractivity contribution in [3.05, 3.63) is 45.5 Å². The highest BCUT2D eigenvalue weighted by Crippen LogP contribution is 2.69. The van der Waals surface area contributed by atoms with Crippen molar-refractivity contribution in [3.8, 4) is 0 Å². The summed E-state index contributed by atoms with van der Waals surface area (Å²) < 4.78 is 7.62. The summed E-state index contributed by atoms with van der Waals surface area (Å²) in [6.07, 6.45) is 1.54. The maximum atomic E-state index is 12.8. The summed E-state index contributed by atoms with van der Waals surface area (Å²) in [5.41, 5.74) is 0.442. The Morgan fingerprint density at radius 2 is 1.97 bits per heavy atom. The summed E-state index contributed by atoms with van der Waals surface area (Å²) in [6.45, 7) is 11.5. The standard InChI is InChI=1S/C22H28Cl2N4O2/c1-14-25-15(2)28(26-14)13-21-11-22(21,16-6-7-17(23)18(24)10-16)8-9-27(12-21)19(29)30-20(3,4)5/h6-7,10H,8-9,11-13H2,1-5H3. The predicted molar refractivity (Wildman–Crippen MR) is 117 cm³/mol. The normalized spacial score (nSPS) is 25.8. The van der Waals surface area contributed by atoms with Crippen molar-refractivity contribution in [3.63, 3.8) is 0 Å². The number of aryl methyl sites for hydroxylation is 2. The molecule has 1 saturated heterocycles. The Balaban J connectivity index is 1.67. The number of hydrogen-bond acceptors (Lipinski definition) is 4. The maximum Gasteiger partial charge on any atom is 0.410 e. The van der Waals surface area contributed by atoms with Crippen molar-refractivity contribution in [2.45, 2.75) is 65.0 Å². The summed E-state index contributed by atoms with van der Waals surface area (Å²) in [6, 6.07) is 5.91. The number of piperidine rings is 1. The van der Waals surface area contributed by atoms with E-state index in [-0.39, 0.29) is 16.9 Å². The highest BCUT2D eigenvalue weighted by molar-refractivity contribution is 6.42. The highest BCUT2D eigenvalue weighted by atomic mass is 35.5. The van der Waals surface area contributed by atoms with Gasteiger partial charge < -0.3 is 9.64 Å². The highest BCUT2D eigenvalue weighted by Gasteiger charge is 2.70. The number of ether oxygens (including phenoxy) is 1. The lowest BCUT2D eigenvalue weighted by atomic mass is 9.80. The monoisotopic (exact) mass is 450 g/mol. The van der Waals surface area contributed by atoms with Gasteiger partial charge in [0, 0.05) is 23.9 Å². The van der Waals surface area contributed by atoms with Gasteiger partial charge in [0.25, 0.3) is 0 Å². The molecule has 1 saturated carbocycles. The Morgan fingerprint density at radius 1 is 1.23 bits per heavy atom. The van der Waals surface area contributed by atoms with Gasteiger partial charge in [-0.2, -0.15) is 5.10 Å². The molecule has 162 valence electrons. The Morgan fingerprint density at radius 3 is 2.57 bits per heavy atom. The summed E-state index contributed by atoms with van der Waals surface area (Å²) in [5, 5.41) is 5.70. The Bertz CT molecular complexity index is 1000. The van der Waals surface area contributed by atoms with Crippen LogP contribution in [0.1, 0.15) is 50.8 Å². The first-order valence-corrected chi connectivity index (χ1v) is 11.0. The fourth-order valence-electron chi connectivity index (χ4n) is 4.95. The number of hydrogen-bond donors (Lipinski definition) is 0. The zero-order valence-corrected chi connectivity index (χ0v) is 19.6. The van der Waals surface area contributed by atoms with Crippen molar-refractivity contribution >= 4 is 29.3 Å². The molecule has 0 spiro atoms. The van der Waals surface area contributed by atoms with E-state index in [1.807, 2.05) is 56.3 Å². The summed E-state index contributed by atoms with van der Waals surface area (Å²) >= 11 is 12.5. The molecule has 0 N–H and O–H groups in total. The lowest BCUT2D eigenvalue weighted by Crippen LogP contribution is -2.48. The second kappa shape index (κ2) is 7.13. The van der Waals surface area contributed by atoms with Crippen LogP contribution in [0.2, 0.25) is 10.0 Å². The number of halogens is 2. The number of nitrogens with zero attached hydrogens (tertiary/aromatic N) is 4. The van der Waals surface area contributed by atoms with E-state index in [2.05, 4.69) is 16.1 Å². The van der Waals surface area contributed by atoms with Crippen molar-refractivity contribution < 1.29 is 9.53 Å². The first-order chi connectivity index (χ1) is 13.9. The van der Waals surface area contributed by atoms with Crippen LogP contribution < -0.4 is 0 Å². The Labute approximate surface area is 187 Å². The van der Waals surface area contributed by atoms with Gasteiger partial charge in [0.1, 0.15) is 17.2 Å². The molecule has 1 amide bonds. The number of fused-ring (bicyclic) bond motifs is 1. The summed E-state index contributed by atoms with van der Waals surface area (Å²) in [4.78, 5) is 19.1. The van der Waals surface area contributed by atoms with Crippen LogP contribution in [0.25, 0.3) is 0 Å². The second-order valence-electron chi connectivity index (χ2n) is 9.68. The van der Waals surface area contributed by atoms with Crippen LogP contribution >= 0.6 is 23.2 Å². The average molecular weight is 451 g/mol. The smallest absolute Gasteiger partial charge is 0.410 e. The maximum absolute atomic E-state index is 12.8. The van der Waals surface area contributed by atoms with Crippen LogP contribution in [0.5, 0.6) is 0 Å². The quantitative estimate of drug-likeness (QED) is 0.646. The van der Waals surface area contributed by atoms with Gasteiger partial charge in [-0.25, -0.2) is 14.5 Å². The van der Waals surface area contributed by atoms with Gasteiger partial charge in [0.15, 0.2) is 0 Å². The van der Waals surface area contributed by atoms with E-state index in [0.717, 1.165) is 24.5 Å². The number of aromatic nitrogens is 3. The zero-order valence-electron chi connectivity index (χ0n) is 18.1. The van der Waals surface area contributed by atoms with Gasteiger partial charge in [-0.1, -0.05) is 29.3 Å². The van der Waals surface area contributed by atoms with E-state index in [1.54, 1.807) is 0 Å². The molecular weight excluding hydrogens is 423 g/mol. The molecule has 1 aromatic carbocycles. The molecular formula is C22H28Cl2N4O2. The molecule has 1 aliphatic heterocycles. The van der Waals surface area contributed by atoms with E-state index < -0.39 is 5.60 Å². The van der Waals surface area contributed by atoms with Crippen molar-refractivity contribution in [1.82, 2.24) is 19.7 Å². The number of amides is 1. The lowest BCUT2D eigenvalue weighted by molar-refractivity contribution is 0.0123. The summed E-state index contributed by atoms with van der Waals surface area (Å²) in [7, 11) is 0. The molecule has 2 fully saturated rings. The van der Waals surface area contributed by atoms with E-state index in [9.17, 15) is 4.79 Å². The van der Waals surface area contributed by atoms with E-state index in [1.165, 1.54) is 5.56 Å². The molecule has 8 heteroatoms. The third-order valence-corrected chi connectivity index (χ3v) is 7.11. The van der Waals surface area contributed by atoms with E-state index in [4.69, 9.17) is 27.9 Å². The van der Waals surface area contributed by atoms with Crippen LogP contribution in [0.3, 0.4) is 0 Å². The number of benzene rings is 1. The molecule has 6 nitrogen and oxygen atoms in total. The summed E-state index contributed by atoms with van der Waals surface area (Å²) in [5.74, 6) is 1.63. The molecule has 2 aliphatic rings. The van der Waals surface area contributed by atoms with E-state index >= 15 is 0 Å². The van der Waals surface area contributed by atoms with Crippen LogP contribution in [-0.2, 0) is 16.7 Å². The molecule has 1 aromatic heterocycles. The minimum absolute atomic E-state index is 0.0635. The van der Waals surface area contributed by atoms with Crippen LogP contribution in [0.15, 0.2) is 18.2 Å². The van der Waals surface area contributed by atoms with Gasteiger partial charge in [0.2, 0.25) is 0 Å². The third kappa shape index (κ3) is 3.69. The molecule has 0 bridgehead atoms. The Kier molecular flexibility index (Phi) is 5.09. The van der Waals surface area contributed by atoms with Crippen molar-refractivity contribution in [1.29, 1.82) is 0 Å². The molecule has 30 heavy (non-hydrogen) atoms. The van der Waals surface area contributed by atoms with Gasteiger partial charge in [-0.3, -0.25) is 0 Å². The first-order valence-electron chi connectivity index (χ1n) is 10.3. The minimum atomic E-state index is -0.522. The molecule has 2 aromatic rings. The zero-order chi connectivity index (χ0) is 21.9. The first kappa shape index (κ1) is 21.4. The van der Waals surface area contributed by atoms with Gasteiger partial charge in [-0.05, 0) is 65.2 Å². The van der Waals surface area contributed by atoms with Crippen molar-refractivity contribution in [2.24, 2.45) is 5.41 Å². The number of likely N-dealkylation sites (tertiary alicyclic amines) is 1. The molecule has 2 unspecified atom stereocenters. The largest absolute Gasteiger partial charge is 0.444 e. The molecule has 1 aliphatic carbocycles.